The molecular formula is C30H30ClF3N4O3. The second-order valence-electron chi connectivity index (χ2n) is 10.9. The number of imidazole rings is 1. The molecule has 1 aliphatic rings. The number of hydrogen-bond donors (Lipinski definition) is 2. The molecule has 1 atom stereocenters. The number of anilines is 3. The number of para-hydroxylation sites is 1. The largest absolute Gasteiger partial charge is 0.573 e. The number of carbonyl (C=O) groups is 1. The molecule has 0 spiro atoms. The molecule has 3 aromatic carbocycles. The highest BCUT2D eigenvalue weighted by Gasteiger charge is 2.32. The van der Waals surface area contributed by atoms with Gasteiger partial charge < -0.3 is 24.7 Å². The predicted molar refractivity (Wildman–Crippen MR) is 153 cm³/mol. The number of rotatable bonds is 8. The van der Waals surface area contributed by atoms with Crippen molar-refractivity contribution in [1.82, 2.24) is 9.55 Å². The summed E-state index contributed by atoms with van der Waals surface area (Å²) in [6.45, 7) is 4.29. The van der Waals surface area contributed by atoms with Crippen LogP contribution >= 0.6 is 11.6 Å². The lowest BCUT2D eigenvalue weighted by Gasteiger charge is -2.36. The van der Waals surface area contributed by atoms with E-state index in [1.165, 1.54) is 24.3 Å². The molecule has 1 saturated carbocycles. The minimum absolute atomic E-state index is 0.158. The highest BCUT2D eigenvalue weighted by molar-refractivity contribution is 6.33. The monoisotopic (exact) mass is 586 g/mol. The first-order chi connectivity index (χ1) is 19.5. The Hall–Kier alpha value is -3.92. The Kier molecular flexibility index (Phi) is 8.04. The zero-order chi connectivity index (χ0) is 29.2. The summed E-state index contributed by atoms with van der Waals surface area (Å²) in [4.78, 5) is 17.3. The second-order valence-corrected chi connectivity index (χ2v) is 11.3. The van der Waals surface area contributed by atoms with Crippen LogP contribution in [0.25, 0.3) is 11.0 Å². The van der Waals surface area contributed by atoms with Crippen LogP contribution in [0.2, 0.25) is 5.02 Å². The summed E-state index contributed by atoms with van der Waals surface area (Å²) in [6.07, 6.45) is -0.629. The molecule has 0 saturated heterocycles. The number of nitrogens with one attached hydrogen (secondary N) is 2. The molecule has 1 fully saturated rings. The molecule has 11 heteroatoms. The van der Waals surface area contributed by atoms with Gasteiger partial charge in [-0.2, -0.15) is 0 Å². The van der Waals surface area contributed by atoms with Crippen LogP contribution in [-0.4, -0.2) is 28.4 Å². The summed E-state index contributed by atoms with van der Waals surface area (Å²) in [6, 6.07) is 18.1. The van der Waals surface area contributed by atoms with Crippen molar-refractivity contribution in [3.63, 3.8) is 0 Å². The van der Waals surface area contributed by atoms with E-state index < -0.39 is 6.36 Å². The van der Waals surface area contributed by atoms with Crippen LogP contribution in [0.15, 0.2) is 66.7 Å². The number of carbonyl (C=O) groups excluding carboxylic acids is 1. The normalized spacial score (nSPS) is 16.8. The van der Waals surface area contributed by atoms with E-state index in [9.17, 15) is 18.0 Å². The van der Waals surface area contributed by atoms with Crippen LogP contribution in [0.4, 0.5) is 30.5 Å². The minimum atomic E-state index is -4.76. The van der Waals surface area contributed by atoms with Crippen LogP contribution in [-0.2, 0) is 4.79 Å². The lowest BCUT2D eigenvalue weighted by atomic mass is 9.75. The maximum Gasteiger partial charge on any atom is 0.573 e. The van der Waals surface area contributed by atoms with E-state index in [0.717, 1.165) is 31.2 Å². The maximum absolute atomic E-state index is 12.6. The Morgan fingerprint density at radius 2 is 1.83 bits per heavy atom. The zero-order valence-electron chi connectivity index (χ0n) is 22.6. The molecule has 4 aromatic rings. The number of ether oxygens (including phenoxy) is 2. The van der Waals surface area contributed by atoms with Gasteiger partial charge in [-0.15, -0.1) is 13.2 Å². The fourth-order valence-electron chi connectivity index (χ4n) is 5.27. The molecule has 216 valence electrons. The topological polar surface area (TPSA) is 77.4 Å². The van der Waals surface area contributed by atoms with Crippen molar-refractivity contribution in [1.29, 1.82) is 0 Å². The van der Waals surface area contributed by atoms with Gasteiger partial charge in [0.15, 0.2) is 6.61 Å². The van der Waals surface area contributed by atoms with Crippen LogP contribution in [0.1, 0.15) is 45.6 Å². The van der Waals surface area contributed by atoms with Crippen LogP contribution in [0.5, 0.6) is 11.5 Å². The van der Waals surface area contributed by atoms with Crippen molar-refractivity contribution in [2.24, 2.45) is 5.41 Å². The predicted octanol–water partition coefficient (Wildman–Crippen LogP) is 8.49. The van der Waals surface area contributed by atoms with Gasteiger partial charge in [0.25, 0.3) is 5.91 Å². The van der Waals surface area contributed by atoms with E-state index in [0.29, 0.717) is 33.6 Å². The van der Waals surface area contributed by atoms with Gasteiger partial charge in [-0.1, -0.05) is 44.0 Å². The third-order valence-corrected chi connectivity index (χ3v) is 7.40. The number of alkyl halides is 3. The SMILES string of the molecule is CC1(C)CCC[C@@H](n2c(Nc3ccc(OC(F)(F)F)cc3)nc3cc(OCC(=O)Nc4ccccc4Cl)ccc32)C1. The summed E-state index contributed by atoms with van der Waals surface area (Å²) in [5, 5.41) is 6.44. The van der Waals surface area contributed by atoms with E-state index >= 15 is 0 Å². The molecule has 2 N–H and O–H groups in total. The molecule has 1 amide bonds. The number of benzene rings is 3. The first kappa shape index (κ1) is 28.6. The van der Waals surface area contributed by atoms with Gasteiger partial charge in [0.05, 0.1) is 21.7 Å². The smallest absolute Gasteiger partial charge is 0.484 e. The van der Waals surface area contributed by atoms with Gasteiger partial charge in [0, 0.05) is 17.8 Å². The molecule has 1 heterocycles. The van der Waals surface area contributed by atoms with Crippen LogP contribution < -0.4 is 20.1 Å². The Labute approximate surface area is 240 Å². The third-order valence-electron chi connectivity index (χ3n) is 7.07. The van der Waals surface area contributed by atoms with Crippen LogP contribution in [0, 0.1) is 5.41 Å². The van der Waals surface area contributed by atoms with E-state index in [1.54, 1.807) is 36.4 Å². The van der Waals surface area contributed by atoms with Crippen molar-refractivity contribution in [2.45, 2.75) is 51.9 Å². The van der Waals surface area contributed by atoms with Crippen molar-refractivity contribution in [2.75, 3.05) is 17.2 Å². The van der Waals surface area contributed by atoms with Gasteiger partial charge in [0.2, 0.25) is 5.95 Å². The summed E-state index contributed by atoms with van der Waals surface area (Å²) < 4.78 is 49.7. The average Bonchev–Trinajstić information content (AvgIpc) is 3.25. The Balaban J connectivity index is 1.38. The summed E-state index contributed by atoms with van der Waals surface area (Å²) in [5.74, 6) is 0.390. The number of halogens is 4. The number of nitrogens with zero attached hydrogens (tertiary/aromatic N) is 2. The number of fused-ring (bicyclic) bond motifs is 1. The first-order valence-corrected chi connectivity index (χ1v) is 13.7. The molecule has 0 bridgehead atoms. The fraction of sp³-hybridized carbons (Fsp3) is 0.333. The van der Waals surface area contributed by atoms with Gasteiger partial charge in [-0.25, -0.2) is 4.98 Å². The average molecular weight is 587 g/mol. The lowest BCUT2D eigenvalue weighted by Crippen LogP contribution is -2.25. The van der Waals surface area contributed by atoms with Crippen molar-refractivity contribution >= 4 is 45.9 Å². The van der Waals surface area contributed by atoms with Gasteiger partial charge >= 0.3 is 6.36 Å². The van der Waals surface area contributed by atoms with Gasteiger partial charge in [0.1, 0.15) is 11.5 Å². The molecule has 0 radical (unpaired) electrons. The van der Waals surface area contributed by atoms with Crippen molar-refractivity contribution < 1.29 is 27.4 Å². The highest BCUT2D eigenvalue weighted by atomic mass is 35.5. The van der Waals surface area contributed by atoms with Gasteiger partial charge in [-0.3, -0.25) is 4.79 Å². The van der Waals surface area contributed by atoms with Gasteiger partial charge in [-0.05, 0) is 73.2 Å². The Morgan fingerprint density at radius 3 is 2.54 bits per heavy atom. The standard InChI is InChI=1S/C30H30ClF3N4O3/c1-29(2)15-5-6-20(17-29)38-26-14-13-22(40-18-27(39)36-24-8-4-3-7-23(24)31)16-25(26)37-28(38)35-19-9-11-21(12-10-19)41-30(32,33)34/h3-4,7-14,16,20H,5-6,15,17-18H2,1-2H3,(H,35,37)(H,36,39)/t20-/m1/s1. The van der Waals surface area contributed by atoms with E-state index in [1.807, 2.05) is 6.07 Å². The van der Waals surface area contributed by atoms with E-state index in [2.05, 4.69) is 33.8 Å². The number of hydrogen-bond acceptors (Lipinski definition) is 5. The van der Waals surface area contributed by atoms with Crippen molar-refractivity contribution in [3.05, 3.63) is 71.8 Å². The molecule has 1 aromatic heterocycles. The lowest BCUT2D eigenvalue weighted by molar-refractivity contribution is -0.274. The minimum Gasteiger partial charge on any atom is -0.484 e. The molecule has 7 nitrogen and oxygen atoms in total. The number of aromatic nitrogens is 2. The maximum atomic E-state index is 12.6. The van der Waals surface area contributed by atoms with E-state index in [-0.39, 0.29) is 29.7 Å². The molecule has 1 aliphatic carbocycles. The summed E-state index contributed by atoms with van der Waals surface area (Å²) in [5.41, 5.74) is 2.78. The first-order valence-electron chi connectivity index (χ1n) is 13.3. The Morgan fingerprint density at radius 1 is 1.10 bits per heavy atom. The molecule has 0 unspecified atom stereocenters. The molecule has 41 heavy (non-hydrogen) atoms. The zero-order valence-corrected chi connectivity index (χ0v) is 23.4. The van der Waals surface area contributed by atoms with Crippen molar-refractivity contribution in [3.8, 4) is 11.5 Å². The molecule has 0 aliphatic heterocycles. The second kappa shape index (κ2) is 11.5. The summed E-state index contributed by atoms with van der Waals surface area (Å²) in [7, 11) is 0. The van der Waals surface area contributed by atoms with Crippen LogP contribution in [0.3, 0.4) is 0 Å². The quantitative estimate of drug-likeness (QED) is 0.216. The molecular weight excluding hydrogens is 557 g/mol. The highest BCUT2D eigenvalue weighted by Crippen LogP contribution is 2.44. The third kappa shape index (κ3) is 7.24. The Bertz CT molecular complexity index is 1540. The fourth-order valence-corrected chi connectivity index (χ4v) is 5.45. The van der Waals surface area contributed by atoms with E-state index in [4.69, 9.17) is 21.3 Å². The number of amides is 1. The summed E-state index contributed by atoms with van der Waals surface area (Å²) >= 11 is 6.12. The molecule has 5 rings (SSSR count).